The van der Waals surface area contributed by atoms with Crippen molar-refractivity contribution in [3.05, 3.63) is 93.5 Å². The van der Waals surface area contributed by atoms with E-state index in [1.807, 2.05) is 49.4 Å². The SMILES string of the molecule is CCOc1cc(/C=N/NC(=O)Cc2ccccc2)cc(Cl)c1OCc1ccc(Cl)cc1. The molecule has 0 atom stereocenters. The molecular formula is C24H22Cl2N2O3. The summed E-state index contributed by atoms with van der Waals surface area (Å²) < 4.78 is 11.6. The molecule has 0 aliphatic rings. The third-order valence-corrected chi connectivity index (χ3v) is 4.77. The molecule has 3 aromatic rings. The van der Waals surface area contributed by atoms with Gasteiger partial charge in [-0.05, 0) is 47.9 Å². The summed E-state index contributed by atoms with van der Waals surface area (Å²) in [6.45, 7) is 2.64. The zero-order valence-electron chi connectivity index (χ0n) is 17.0. The fourth-order valence-electron chi connectivity index (χ4n) is 2.80. The van der Waals surface area contributed by atoms with Gasteiger partial charge in [-0.1, -0.05) is 65.7 Å². The van der Waals surface area contributed by atoms with Crippen LogP contribution in [0.5, 0.6) is 11.5 Å². The van der Waals surface area contributed by atoms with Crippen molar-refractivity contribution >= 4 is 35.3 Å². The number of amides is 1. The summed E-state index contributed by atoms with van der Waals surface area (Å²) >= 11 is 12.4. The Kier molecular flexibility index (Phi) is 8.33. The maximum atomic E-state index is 12.0. The first-order valence-electron chi connectivity index (χ1n) is 9.74. The number of benzene rings is 3. The highest BCUT2D eigenvalue weighted by molar-refractivity contribution is 6.32. The fraction of sp³-hybridized carbons (Fsp3) is 0.167. The number of hydrazone groups is 1. The number of hydrogen-bond acceptors (Lipinski definition) is 4. The van der Waals surface area contributed by atoms with Crippen molar-refractivity contribution in [3.8, 4) is 11.5 Å². The predicted molar refractivity (Wildman–Crippen MR) is 124 cm³/mol. The van der Waals surface area contributed by atoms with Gasteiger partial charge < -0.3 is 9.47 Å². The molecule has 0 bridgehead atoms. The molecule has 0 spiro atoms. The van der Waals surface area contributed by atoms with E-state index in [1.54, 1.807) is 24.3 Å². The Balaban J connectivity index is 1.66. The standard InChI is InChI=1S/C24H22Cl2N2O3/c1-2-30-22-13-19(15-27-28-23(29)14-17-6-4-3-5-7-17)12-21(26)24(22)31-16-18-8-10-20(25)11-9-18/h3-13,15H,2,14,16H2,1H3,(H,28,29)/b27-15+. The molecule has 1 amide bonds. The van der Waals surface area contributed by atoms with E-state index in [-0.39, 0.29) is 12.3 Å². The van der Waals surface area contributed by atoms with E-state index in [0.29, 0.717) is 40.3 Å². The third kappa shape index (κ3) is 7.02. The lowest BCUT2D eigenvalue weighted by molar-refractivity contribution is -0.120. The first-order valence-corrected chi connectivity index (χ1v) is 10.5. The minimum absolute atomic E-state index is 0.207. The minimum atomic E-state index is -0.207. The Morgan fingerprint density at radius 3 is 2.45 bits per heavy atom. The van der Waals surface area contributed by atoms with Gasteiger partial charge >= 0.3 is 0 Å². The van der Waals surface area contributed by atoms with Gasteiger partial charge in [-0.25, -0.2) is 5.43 Å². The van der Waals surface area contributed by atoms with Gasteiger partial charge in [-0.15, -0.1) is 0 Å². The average Bonchev–Trinajstić information content (AvgIpc) is 2.75. The largest absolute Gasteiger partial charge is 0.490 e. The van der Waals surface area contributed by atoms with Gasteiger partial charge in [-0.2, -0.15) is 5.10 Å². The van der Waals surface area contributed by atoms with E-state index in [1.165, 1.54) is 6.21 Å². The molecule has 0 fully saturated rings. The second kappa shape index (κ2) is 11.4. The number of carbonyl (C=O) groups excluding carboxylic acids is 1. The molecule has 3 aromatic carbocycles. The van der Waals surface area contributed by atoms with Crippen molar-refractivity contribution in [3.63, 3.8) is 0 Å². The molecule has 0 radical (unpaired) electrons. The van der Waals surface area contributed by atoms with Crippen molar-refractivity contribution in [1.29, 1.82) is 0 Å². The lowest BCUT2D eigenvalue weighted by atomic mass is 10.1. The quantitative estimate of drug-likeness (QED) is 0.333. The van der Waals surface area contributed by atoms with Crippen LogP contribution in [0, 0.1) is 0 Å². The fourth-order valence-corrected chi connectivity index (χ4v) is 3.20. The molecule has 0 aromatic heterocycles. The van der Waals surface area contributed by atoms with Gasteiger partial charge in [0.15, 0.2) is 11.5 Å². The van der Waals surface area contributed by atoms with Gasteiger partial charge in [0.25, 0.3) is 0 Å². The maximum absolute atomic E-state index is 12.0. The highest BCUT2D eigenvalue weighted by Crippen LogP contribution is 2.37. The molecule has 0 aliphatic heterocycles. The first kappa shape index (κ1) is 22.7. The van der Waals surface area contributed by atoms with Gasteiger partial charge in [0.2, 0.25) is 5.91 Å². The summed E-state index contributed by atoms with van der Waals surface area (Å²) in [7, 11) is 0. The smallest absolute Gasteiger partial charge is 0.244 e. The first-order chi connectivity index (χ1) is 15.0. The Morgan fingerprint density at radius 1 is 1.00 bits per heavy atom. The molecule has 0 saturated heterocycles. The van der Waals surface area contributed by atoms with E-state index >= 15 is 0 Å². The Labute approximate surface area is 191 Å². The molecule has 3 rings (SSSR count). The lowest BCUT2D eigenvalue weighted by Gasteiger charge is -2.14. The van der Waals surface area contributed by atoms with E-state index in [9.17, 15) is 4.79 Å². The van der Waals surface area contributed by atoms with Gasteiger partial charge in [0.1, 0.15) is 6.61 Å². The van der Waals surface area contributed by atoms with Crippen LogP contribution in [0.4, 0.5) is 0 Å². The minimum Gasteiger partial charge on any atom is -0.490 e. The number of carbonyl (C=O) groups is 1. The van der Waals surface area contributed by atoms with Crippen LogP contribution in [0.3, 0.4) is 0 Å². The predicted octanol–water partition coefficient (Wildman–Crippen LogP) is 5.66. The van der Waals surface area contributed by atoms with Gasteiger partial charge in [-0.3, -0.25) is 4.79 Å². The third-order valence-electron chi connectivity index (χ3n) is 4.24. The normalized spacial score (nSPS) is 10.8. The molecule has 31 heavy (non-hydrogen) atoms. The summed E-state index contributed by atoms with van der Waals surface area (Å²) in [5, 5.41) is 5.07. The molecule has 0 saturated carbocycles. The number of rotatable bonds is 9. The maximum Gasteiger partial charge on any atom is 0.244 e. The monoisotopic (exact) mass is 456 g/mol. The van der Waals surface area contributed by atoms with Crippen LogP contribution >= 0.6 is 23.2 Å². The molecule has 160 valence electrons. The van der Waals surface area contributed by atoms with Gasteiger partial charge in [0, 0.05) is 5.02 Å². The van der Waals surface area contributed by atoms with Crippen LogP contribution in [-0.4, -0.2) is 18.7 Å². The van der Waals surface area contributed by atoms with E-state index in [0.717, 1.165) is 11.1 Å². The molecule has 7 heteroatoms. The van der Waals surface area contributed by atoms with E-state index in [4.69, 9.17) is 32.7 Å². The van der Waals surface area contributed by atoms with Crippen LogP contribution in [-0.2, 0) is 17.8 Å². The molecule has 5 nitrogen and oxygen atoms in total. The van der Waals surface area contributed by atoms with E-state index < -0.39 is 0 Å². The van der Waals surface area contributed by atoms with Gasteiger partial charge in [0.05, 0.1) is 24.3 Å². The molecule has 0 heterocycles. The zero-order chi connectivity index (χ0) is 22.1. The number of ether oxygens (including phenoxy) is 2. The van der Waals surface area contributed by atoms with Crippen LogP contribution in [0.2, 0.25) is 10.0 Å². The van der Waals surface area contributed by atoms with Crippen LogP contribution in [0.1, 0.15) is 23.6 Å². The van der Waals surface area contributed by atoms with Crippen molar-refractivity contribution in [2.24, 2.45) is 5.10 Å². The van der Waals surface area contributed by atoms with Crippen molar-refractivity contribution in [2.75, 3.05) is 6.61 Å². The summed E-state index contributed by atoms with van der Waals surface area (Å²) in [6, 6.07) is 20.3. The van der Waals surface area contributed by atoms with Crippen molar-refractivity contribution in [2.45, 2.75) is 20.0 Å². The van der Waals surface area contributed by atoms with Crippen molar-refractivity contribution < 1.29 is 14.3 Å². The molecular weight excluding hydrogens is 435 g/mol. The second-order valence-corrected chi connectivity index (χ2v) is 7.48. The number of nitrogens with one attached hydrogen (secondary N) is 1. The Bertz CT molecular complexity index is 1040. The number of nitrogens with zero attached hydrogens (tertiary/aromatic N) is 1. The highest BCUT2D eigenvalue weighted by Gasteiger charge is 2.13. The Morgan fingerprint density at radius 2 is 1.74 bits per heavy atom. The molecule has 0 unspecified atom stereocenters. The lowest BCUT2D eigenvalue weighted by Crippen LogP contribution is -2.19. The number of halogens is 2. The molecule has 0 aliphatic carbocycles. The summed E-state index contributed by atoms with van der Waals surface area (Å²) in [5.41, 5.74) is 5.06. The second-order valence-electron chi connectivity index (χ2n) is 6.63. The van der Waals surface area contributed by atoms with Crippen LogP contribution in [0.25, 0.3) is 0 Å². The number of hydrogen-bond donors (Lipinski definition) is 1. The highest BCUT2D eigenvalue weighted by atomic mass is 35.5. The van der Waals surface area contributed by atoms with Crippen LogP contribution in [0.15, 0.2) is 71.8 Å². The van der Waals surface area contributed by atoms with Crippen LogP contribution < -0.4 is 14.9 Å². The zero-order valence-corrected chi connectivity index (χ0v) is 18.5. The summed E-state index contributed by atoms with van der Waals surface area (Å²) in [6.07, 6.45) is 1.76. The average molecular weight is 457 g/mol. The van der Waals surface area contributed by atoms with E-state index in [2.05, 4.69) is 10.5 Å². The summed E-state index contributed by atoms with van der Waals surface area (Å²) in [5.74, 6) is 0.742. The van der Waals surface area contributed by atoms with Crippen molar-refractivity contribution in [1.82, 2.24) is 5.43 Å². The topological polar surface area (TPSA) is 59.9 Å². The molecule has 1 N–H and O–H groups in total. The Hall–Kier alpha value is -3.02. The summed E-state index contributed by atoms with van der Waals surface area (Å²) in [4.78, 5) is 12.0.